The van der Waals surface area contributed by atoms with E-state index in [0.29, 0.717) is 10.9 Å². The normalized spacial score (nSPS) is 14.9. The summed E-state index contributed by atoms with van der Waals surface area (Å²) in [6, 6.07) is 24.6. The van der Waals surface area contributed by atoms with Crippen molar-refractivity contribution in [2.24, 2.45) is 5.16 Å². The molecule has 0 amide bonds. The zero-order chi connectivity index (χ0) is 24.4. The maximum Gasteiger partial charge on any atom is 0.227 e. The largest absolute Gasteiger partial charge is 0.495 e. The molecule has 0 bridgehead atoms. The fourth-order valence-corrected chi connectivity index (χ4v) is 4.24. The zero-order valence-corrected chi connectivity index (χ0v) is 20.5. The summed E-state index contributed by atoms with van der Waals surface area (Å²) < 4.78 is 7.42. The smallest absolute Gasteiger partial charge is 0.227 e. The van der Waals surface area contributed by atoms with Gasteiger partial charge in [-0.15, -0.1) is 0 Å². The van der Waals surface area contributed by atoms with Crippen LogP contribution in [0.3, 0.4) is 0 Å². The molecule has 0 saturated carbocycles. The predicted molar refractivity (Wildman–Crippen MR) is 147 cm³/mol. The standard InChI is InChI=1S/C28H25ClN4O2.CH4/c1-19-27(29)33(18-30-19)24-14-12-20(16-25(24)34-3)13-15-26-31-35-28(32(26)2)23-11-7-10-22(17-23)21-8-5-4-6-9-21;/h4-18,28H,1-3H3;1H4/b15-13+;. The van der Waals surface area contributed by atoms with Crippen molar-refractivity contribution < 1.29 is 9.57 Å². The van der Waals surface area contributed by atoms with Gasteiger partial charge in [0.15, 0.2) is 5.84 Å². The highest BCUT2D eigenvalue weighted by Gasteiger charge is 2.27. The van der Waals surface area contributed by atoms with Gasteiger partial charge in [-0.2, -0.15) is 0 Å². The highest BCUT2D eigenvalue weighted by molar-refractivity contribution is 6.30. The summed E-state index contributed by atoms with van der Waals surface area (Å²) in [7, 11) is 3.62. The second-order valence-electron chi connectivity index (χ2n) is 8.27. The van der Waals surface area contributed by atoms with E-state index in [0.717, 1.165) is 33.9 Å². The van der Waals surface area contributed by atoms with Crippen molar-refractivity contribution in [2.45, 2.75) is 20.6 Å². The molecule has 6 nitrogen and oxygen atoms in total. The number of hydrogen-bond acceptors (Lipinski definition) is 5. The maximum atomic E-state index is 6.38. The number of aromatic nitrogens is 2. The molecule has 7 heteroatoms. The first-order chi connectivity index (χ1) is 17.0. The minimum atomic E-state index is -0.290. The van der Waals surface area contributed by atoms with Gasteiger partial charge in [0.05, 0.1) is 18.5 Å². The predicted octanol–water partition coefficient (Wildman–Crippen LogP) is 7.13. The molecule has 1 atom stereocenters. The van der Waals surface area contributed by atoms with Crippen LogP contribution in [0.5, 0.6) is 5.75 Å². The van der Waals surface area contributed by atoms with Crippen molar-refractivity contribution in [1.82, 2.24) is 14.5 Å². The van der Waals surface area contributed by atoms with E-state index in [1.54, 1.807) is 18.0 Å². The summed E-state index contributed by atoms with van der Waals surface area (Å²) in [6.07, 6.45) is 5.32. The zero-order valence-electron chi connectivity index (χ0n) is 19.7. The highest BCUT2D eigenvalue weighted by atomic mass is 35.5. The molecule has 2 heterocycles. The monoisotopic (exact) mass is 500 g/mol. The van der Waals surface area contributed by atoms with E-state index < -0.39 is 0 Å². The molecule has 0 spiro atoms. The fourth-order valence-electron chi connectivity index (χ4n) is 4.05. The molecule has 0 N–H and O–H groups in total. The number of likely N-dealkylation sites (N-methyl/N-ethyl adjacent to an activating group) is 1. The van der Waals surface area contributed by atoms with Crippen molar-refractivity contribution in [3.8, 4) is 22.6 Å². The van der Waals surface area contributed by atoms with Crippen LogP contribution >= 0.6 is 11.6 Å². The van der Waals surface area contributed by atoms with Gasteiger partial charge in [-0.25, -0.2) is 4.98 Å². The number of oxime groups is 1. The van der Waals surface area contributed by atoms with Gasteiger partial charge in [0, 0.05) is 12.6 Å². The van der Waals surface area contributed by atoms with Crippen molar-refractivity contribution >= 4 is 23.5 Å². The van der Waals surface area contributed by atoms with E-state index in [-0.39, 0.29) is 13.7 Å². The molecule has 3 aromatic carbocycles. The third kappa shape index (κ3) is 4.86. The summed E-state index contributed by atoms with van der Waals surface area (Å²) in [6.45, 7) is 1.87. The third-order valence-electron chi connectivity index (χ3n) is 6.00. The summed E-state index contributed by atoms with van der Waals surface area (Å²) in [5, 5.41) is 4.87. The van der Waals surface area contributed by atoms with E-state index in [4.69, 9.17) is 21.2 Å². The van der Waals surface area contributed by atoms with E-state index in [9.17, 15) is 0 Å². The molecule has 5 rings (SSSR count). The lowest BCUT2D eigenvalue weighted by atomic mass is 10.0. The van der Waals surface area contributed by atoms with E-state index >= 15 is 0 Å². The first-order valence-electron chi connectivity index (χ1n) is 11.2. The van der Waals surface area contributed by atoms with Crippen LogP contribution < -0.4 is 4.74 Å². The second kappa shape index (κ2) is 10.7. The minimum Gasteiger partial charge on any atom is -0.495 e. The van der Waals surface area contributed by atoms with Crippen molar-refractivity contribution in [3.63, 3.8) is 0 Å². The first kappa shape index (κ1) is 25.1. The molecule has 0 saturated heterocycles. The molecule has 0 fully saturated rings. The van der Waals surface area contributed by atoms with Crippen molar-refractivity contribution in [3.05, 3.63) is 107 Å². The van der Waals surface area contributed by atoms with Gasteiger partial charge >= 0.3 is 0 Å². The molecular weight excluding hydrogens is 472 g/mol. The van der Waals surface area contributed by atoms with Crippen LogP contribution in [0.4, 0.5) is 0 Å². The Morgan fingerprint density at radius 1 is 0.972 bits per heavy atom. The maximum absolute atomic E-state index is 6.38. The number of amidine groups is 1. The molecule has 0 radical (unpaired) electrons. The molecule has 1 aliphatic rings. The van der Waals surface area contributed by atoms with E-state index in [2.05, 4.69) is 40.5 Å². The topological polar surface area (TPSA) is 51.9 Å². The number of nitrogens with zero attached hydrogens (tertiary/aromatic N) is 4. The molecule has 0 aliphatic carbocycles. The van der Waals surface area contributed by atoms with Crippen LogP contribution in [0.25, 0.3) is 22.9 Å². The fraction of sp³-hybridized carbons (Fsp3) is 0.172. The summed E-state index contributed by atoms with van der Waals surface area (Å²) in [4.78, 5) is 12.1. The van der Waals surface area contributed by atoms with Crippen LogP contribution in [0.1, 0.15) is 30.5 Å². The van der Waals surface area contributed by atoms with Gasteiger partial charge in [0.2, 0.25) is 6.23 Å². The minimum absolute atomic E-state index is 0. The van der Waals surface area contributed by atoms with Crippen LogP contribution in [0.2, 0.25) is 5.15 Å². The third-order valence-corrected chi connectivity index (χ3v) is 6.46. The second-order valence-corrected chi connectivity index (χ2v) is 8.62. The quantitative estimate of drug-likeness (QED) is 0.282. The van der Waals surface area contributed by atoms with Crippen molar-refractivity contribution in [1.29, 1.82) is 0 Å². The lowest BCUT2D eigenvalue weighted by molar-refractivity contribution is 0.0191. The van der Waals surface area contributed by atoms with Gasteiger partial charge in [-0.3, -0.25) is 4.57 Å². The molecule has 1 aliphatic heterocycles. The van der Waals surface area contributed by atoms with Crippen molar-refractivity contribution in [2.75, 3.05) is 14.2 Å². The van der Waals surface area contributed by atoms with Gasteiger partial charge < -0.3 is 14.5 Å². The number of rotatable bonds is 6. The molecule has 1 aromatic heterocycles. The SMILES string of the molecule is C.COc1cc(/C=C/C2=NOC(c3cccc(-c4ccccc4)c3)N2C)ccc1-n1cnc(C)c1Cl. The molecule has 1 unspecified atom stereocenters. The number of aryl methyl sites for hydroxylation is 1. The average molecular weight is 501 g/mol. The van der Waals surface area contributed by atoms with E-state index in [1.807, 2.05) is 73.5 Å². The lowest BCUT2D eigenvalue weighted by Crippen LogP contribution is -2.24. The molecular formula is C29H29ClN4O2. The van der Waals surface area contributed by atoms with E-state index in [1.165, 1.54) is 5.56 Å². The Balaban J connectivity index is 0.00000304. The van der Waals surface area contributed by atoms with Crippen LogP contribution in [-0.4, -0.2) is 34.4 Å². The highest BCUT2D eigenvalue weighted by Crippen LogP contribution is 2.31. The van der Waals surface area contributed by atoms with Gasteiger partial charge in [0.1, 0.15) is 17.2 Å². The Kier molecular flexibility index (Phi) is 7.46. The molecule has 4 aromatic rings. The Bertz CT molecular complexity index is 1410. The Morgan fingerprint density at radius 2 is 1.75 bits per heavy atom. The average Bonchev–Trinajstić information content (AvgIpc) is 3.44. The lowest BCUT2D eigenvalue weighted by Gasteiger charge is -2.20. The van der Waals surface area contributed by atoms with Gasteiger partial charge in [0.25, 0.3) is 0 Å². The number of hydrogen-bond donors (Lipinski definition) is 0. The van der Waals surface area contributed by atoms with Gasteiger partial charge in [-0.05, 0) is 47.9 Å². The number of ether oxygens (including phenoxy) is 1. The Labute approximate surface area is 217 Å². The van der Waals surface area contributed by atoms with Crippen LogP contribution in [0, 0.1) is 6.92 Å². The number of imidazole rings is 1. The Hall–Kier alpha value is -4.03. The van der Waals surface area contributed by atoms with Crippen LogP contribution in [-0.2, 0) is 4.84 Å². The first-order valence-corrected chi connectivity index (χ1v) is 11.6. The van der Waals surface area contributed by atoms with Crippen LogP contribution in [0.15, 0.2) is 90.4 Å². The van der Waals surface area contributed by atoms with Gasteiger partial charge in [-0.1, -0.05) is 84.9 Å². The number of halogens is 1. The molecule has 36 heavy (non-hydrogen) atoms. The number of methoxy groups -OCH3 is 1. The number of benzene rings is 3. The summed E-state index contributed by atoms with van der Waals surface area (Å²) in [5.41, 5.74) is 5.91. The summed E-state index contributed by atoms with van der Waals surface area (Å²) >= 11 is 6.38. The molecule has 184 valence electrons. The Morgan fingerprint density at radius 3 is 2.47 bits per heavy atom. The summed E-state index contributed by atoms with van der Waals surface area (Å²) in [5.74, 6) is 1.43.